The fourth-order valence-electron chi connectivity index (χ4n) is 1.26. The predicted octanol–water partition coefficient (Wildman–Crippen LogP) is 0.490. The van der Waals surface area contributed by atoms with Crippen molar-refractivity contribution in [2.75, 3.05) is 0 Å². The summed E-state index contributed by atoms with van der Waals surface area (Å²) in [6.45, 7) is 6.28. The third kappa shape index (κ3) is 4.52. The molecule has 1 heterocycles. The van der Waals surface area contributed by atoms with Gasteiger partial charge in [-0.3, -0.25) is 19.7 Å². The summed E-state index contributed by atoms with van der Waals surface area (Å²) in [6, 6.07) is 0. The monoisotopic (exact) mass is 287 g/mol. The van der Waals surface area contributed by atoms with E-state index in [-0.39, 0.29) is 6.42 Å². The van der Waals surface area contributed by atoms with Crippen molar-refractivity contribution >= 4 is 23.9 Å². The van der Waals surface area contributed by atoms with Crippen LogP contribution in [0.2, 0.25) is 0 Å². The number of carbonyl (C=O) groups is 4. The molecule has 2 atom stereocenters. The van der Waals surface area contributed by atoms with E-state index in [2.05, 4.69) is 9.47 Å². The molecule has 0 bridgehead atoms. The van der Waals surface area contributed by atoms with Gasteiger partial charge in [-0.15, -0.1) is 0 Å². The first-order valence-corrected chi connectivity index (χ1v) is 6.01. The van der Waals surface area contributed by atoms with Gasteiger partial charge in [0, 0.05) is 6.92 Å². The Labute approximate surface area is 115 Å². The SMILES string of the molecule is CC(OC(=O)OC1CC(=O)NC1=O)OC(=O)C(C)(C)C. The zero-order valence-electron chi connectivity index (χ0n) is 11.7. The maximum absolute atomic E-state index is 11.5. The number of carbonyl (C=O) groups excluding carboxylic acids is 4. The first-order valence-electron chi connectivity index (χ1n) is 6.01. The molecule has 0 aromatic rings. The molecule has 0 spiro atoms. The van der Waals surface area contributed by atoms with Crippen molar-refractivity contribution in [3.05, 3.63) is 0 Å². The van der Waals surface area contributed by atoms with E-state index < -0.39 is 41.7 Å². The standard InChI is InChI=1S/C12H17NO7/c1-6(18-10(16)12(2,3)4)19-11(17)20-7-5-8(14)13-9(7)15/h6-7H,5H2,1-4H3,(H,13,14,15). The lowest BCUT2D eigenvalue weighted by Crippen LogP contribution is -2.32. The van der Waals surface area contributed by atoms with Gasteiger partial charge in [0.25, 0.3) is 5.91 Å². The maximum Gasteiger partial charge on any atom is 0.512 e. The van der Waals surface area contributed by atoms with Gasteiger partial charge in [0.05, 0.1) is 11.8 Å². The van der Waals surface area contributed by atoms with E-state index in [0.717, 1.165) is 0 Å². The average Bonchev–Trinajstić information content (AvgIpc) is 2.55. The highest BCUT2D eigenvalue weighted by Crippen LogP contribution is 2.17. The van der Waals surface area contributed by atoms with Crippen LogP contribution in [0.3, 0.4) is 0 Å². The number of hydrogen-bond donors (Lipinski definition) is 1. The summed E-state index contributed by atoms with van der Waals surface area (Å²) in [7, 11) is 0. The summed E-state index contributed by atoms with van der Waals surface area (Å²) >= 11 is 0. The molecular formula is C12H17NO7. The van der Waals surface area contributed by atoms with Crippen LogP contribution >= 0.6 is 0 Å². The summed E-state index contributed by atoms with van der Waals surface area (Å²) in [5.74, 6) is -1.78. The van der Waals surface area contributed by atoms with Gasteiger partial charge in [0.15, 0.2) is 6.10 Å². The summed E-state index contributed by atoms with van der Waals surface area (Å²) in [6.07, 6.45) is -3.80. The second-order valence-corrected chi connectivity index (χ2v) is 5.31. The molecule has 112 valence electrons. The zero-order valence-corrected chi connectivity index (χ0v) is 11.7. The first kappa shape index (κ1) is 15.9. The largest absolute Gasteiger partial charge is 0.512 e. The molecule has 0 aromatic heterocycles. The molecule has 20 heavy (non-hydrogen) atoms. The summed E-state index contributed by atoms with van der Waals surface area (Å²) in [5.41, 5.74) is -0.737. The lowest BCUT2D eigenvalue weighted by Gasteiger charge is -2.20. The van der Waals surface area contributed by atoms with Crippen LogP contribution in [0.4, 0.5) is 4.79 Å². The van der Waals surface area contributed by atoms with Crippen LogP contribution in [-0.2, 0) is 28.6 Å². The van der Waals surface area contributed by atoms with E-state index in [1.54, 1.807) is 20.8 Å². The van der Waals surface area contributed by atoms with E-state index in [9.17, 15) is 19.2 Å². The Hall–Kier alpha value is -2.12. The highest BCUT2D eigenvalue weighted by atomic mass is 16.8. The summed E-state index contributed by atoms with van der Waals surface area (Å²) in [5, 5.41) is 1.98. The second kappa shape index (κ2) is 5.89. The maximum atomic E-state index is 11.5. The van der Waals surface area contributed by atoms with Gasteiger partial charge in [-0.05, 0) is 20.8 Å². The third-order valence-corrected chi connectivity index (χ3v) is 2.31. The van der Waals surface area contributed by atoms with E-state index in [1.165, 1.54) is 6.92 Å². The van der Waals surface area contributed by atoms with Gasteiger partial charge in [0.1, 0.15) is 0 Å². The van der Waals surface area contributed by atoms with E-state index >= 15 is 0 Å². The van der Waals surface area contributed by atoms with Gasteiger partial charge < -0.3 is 14.2 Å². The summed E-state index contributed by atoms with van der Waals surface area (Å²) in [4.78, 5) is 45.0. The molecule has 1 aliphatic rings. The van der Waals surface area contributed by atoms with E-state index in [0.29, 0.717) is 0 Å². The third-order valence-electron chi connectivity index (χ3n) is 2.31. The molecule has 0 saturated carbocycles. The minimum Gasteiger partial charge on any atom is -0.425 e. The van der Waals surface area contributed by atoms with Gasteiger partial charge >= 0.3 is 12.1 Å². The molecule has 1 rings (SSSR count). The molecule has 1 aliphatic heterocycles. The van der Waals surface area contributed by atoms with Crippen LogP contribution < -0.4 is 5.32 Å². The van der Waals surface area contributed by atoms with Gasteiger partial charge in [0.2, 0.25) is 12.2 Å². The predicted molar refractivity (Wildman–Crippen MR) is 64.1 cm³/mol. The molecule has 8 heteroatoms. The smallest absolute Gasteiger partial charge is 0.425 e. The van der Waals surface area contributed by atoms with Crippen molar-refractivity contribution in [3.8, 4) is 0 Å². The molecule has 2 unspecified atom stereocenters. The molecular weight excluding hydrogens is 270 g/mol. The van der Waals surface area contributed by atoms with Gasteiger partial charge in [-0.25, -0.2) is 4.79 Å². The van der Waals surface area contributed by atoms with Crippen LogP contribution in [0.1, 0.15) is 34.1 Å². The van der Waals surface area contributed by atoms with Gasteiger partial charge in [-0.1, -0.05) is 0 Å². The Morgan fingerprint density at radius 1 is 1.25 bits per heavy atom. The number of ether oxygens (including phenoxy) is 3. The van der Waals surface area contributed by atoms with Crippen molar-refractivity contribution in [1.82, 2.24) is 5.32 Å². The Balaban J connectivity index is 2.41. The lowest BCUT2D eigenvalue weighted by molar-refractivity contribution is -0.178. The van der Waals surface area contributed by atoms with Crippen molar-refractivity contribution in [2.24, 2.45) is 5.41 Å². The highest BCUT2D eigenvalue weighted by Gasteiger charge is 2.35. The quantitative estimate of drug-likeness (QED) is 0.457. The fourth-order valence-corrected chi connectivity index (χ4v) is 1.26. The van der Waals surface area contributed by atoms with Crippen molar-refractivity contribution in [1.29, 1.82) is 0 Å². The summed E-state index contributed by atoms with van der Waals surface area (Å²) < 4.78 is 14.2. The molecule has 0 radical (unpaired) electrons. The highest BCUT2D eigenvalue weighted by molar-refractivity contribution is 6.05. The molecule has 2 amide bonds. The van der Waals surface area contributed by atoms with Gasteiger partial charge in [-0.2, -0.15) is 0 Å². The minimum atomic E-state index is -1.21. The number of amides is 2. The molecule has 0 aliphatic carbocycles. The van der Waals surface area contributed by atoms with E-state index in [1.807, 2.05) is 5.32 Å². The number of rotatable bonds is 3. The minimum absolute atomic E-state index is 0.246. The van der Waals surface area contributed by atoms with E-state index in [4.69, 9.17) is 4.74 Å². The molecule has 8 nitrogen and oxygen atoms in total. The van der Waals surface area contributed by atoms with Crippen LogP contribution in [0, 0.1) is 5.41 Å². The Morgan fingerprint density at radius 3 is 2.30 bits per heavy atom. The lowest BCUT2D eigenvalue weighted by atomic mass is 9.97. The first-order chi connectivity index (χ1) is 9.09. The number of imide groups is 1. The van der Waals surface area contributed by atoms with Crippen molar-refractivity contribution < 1.29 is 33.4 Å². The van der Waals surface area contributed by atoms with Crippen LogP contribution in [0.15, 0.2) is 0 Å². The molecule has 1 N–H and O–H groups in total. The number of hydrogen-bond acceptors (Lipinski definition) is 7. The average molecular weight is 287 g/mol. The number of esters is 1. The second-order valence-electron chi connectivity index (χ2n) is 5.31. The van der Waals surface area contributed by atoms with Crippen LogP contribution in [0.5, 0.6) is 0 Å². The zero-order chi connectivity index (χ0) is 15.5. The molecule has 1 saturated heterocycles. The Bertz CT molecular complexity index is 438. The fraction of sp³-hybridized carbons (Fsp3) is 0.667. The molecule has 1 fully saturated rings. The normalized spacial score (nSPS) is 20.1. The van der Waals surface area contributed by atoms with Crippen molar-refractivity contribution in [2.45, 2.75) is 46.5 Å². The topological polar surface area (TPSA) is 108 Å². The van der Waals surface area contributed by atoms with Crippen LogP contribution in [0.25, 0.3) is 0 Å². The van der Waals surface area contributed by atoms with Crippen LogP contribution in [-0.4, -0.2) is 36.3 Å². The Morgan fingerprint density at radius 2 is 1.85 bits per heavy atom. The Kier molecular flexibility index (Phi) is 4.69. The number of nitrogens with one attached hydrogen (secondary N) is 1. The van der Waals surface area contributed by atoms with Crippen molar-refractivity contribution in [3.63, 3.8) is 0 Å². The molecule has 0 aromatic carbocycles.